The monoisotopic (exact) mass is 255 g/mol. The molecule has 0 spiro atoms. The van der Waals surface area contributed by atoms with Crippen molar-refractivity contribution >= 4 is 16.5 Å². The minimum Gasteiger partial charge on any atom is -0.380 e. The average Bonchev–Trinajstić information content (AvgIpc) is 2.66. The van der Waals surface area contributed by atoms with Gasteiger partial charge in [0.2, 0.25) is 0 Å². The number of anilines is 1. The Morgan fingerprint density at radius 2 is 2.41 bits per heavy atom. The largest absolute Gasteiger partial charge is 0.380 e. The molecule has 5 heteroatoms. The van der Waals surface area contributed by atoms with Crippen LogP contribution < -0.4 is 10.2 Å². The number of thiazole rings is 1. The number of nitrogens with zero attached hydrogens (tertiary/aromatic N) is 2. The molecule has 0 saturated carbocycles. The van der Waals surface area contributed by atoms with E-state index in [4.69, 9.17) is 9.72 Å². The number of hydrogen-bond acceptors (Lipinski definition) is 5. The zero-order valence-electron chi connectivity index (χ0n) is 10.6. The van der Waals surface area contributed by atoms with Crippen LogP contribution in [0.1, 0.15) is 32.0 Å². The minimum atomic E-state index is 0.341. The molecule has 17 heavy (non-hydrogen) atoms. The lowest BCUT2D eigenvalue weighted by Gasteiger charge is -2.18. The molecule has 1 saturated heterocycles. The van der Waals surface area contributed by atoms with Gasteiger partial charge in [-0.15, -0.1) is 11.3 Å². The van der Waals surface area contributed by atoms with E-state index in [0.29, 0.717) is 6.04 Å². The Labute approximate surface area is 107 Å². The molecule has 1 aliphatic rings. The molecule has 1 atom stereocenters. The molecule has 0 aromatic carbocycles. The molecule has 2 heterocycles. The lowest BCUT2D eigenvalue weighted by atomic mass is 10.2. The van der Waals surface area contributed by atoms with Gasteiger partial charge in [-0.2, -0.15) is 0 Å². The van der Waals surface area contributed by atoms with E-state index in [1.807, 2.05) is 0 Å². The van der Waals surface area contributed by atoms with Crippen molar-refractivity contribution in [3.63, 3.8) is 0 Å². The van der Waals surface area contributed by atoms with Crippen molar-refractivity contribution in [1.29, 1.82) is 0 Å². The van der Waals surface area contributed by atoms with Crippen LogP contribution in [0.5, 0.6) is 0 Å². The maximum absolute atomic E-state index is 5.46. The van der Waals surface area contributed by atoms with E-state index in [1.54, 1.807) is 11.3 Å². The van der Waals surface area contributed by atoms with Crippen molar-refractivity contribution in [2.75, 3.05) is 37.7 Å². The quantitative estimate of drug-likeness (QED) is 0.893. The topological polar surface area (TPSA) is 37.4 Å². The number of ether oxygens (including phenoxy) is 1. The van der Waals surface area contributed by atoms with E-state index in [0.717, 1.165) is 50.1 Å². The van der Waals surface area contributed by atoms with Crippen molar-refractivity contribution in [2.45, 2.75) is 26.3 Å². The summed E-state index contributed by atoms with van der Waals surface area (Å²) in [6.07, 6.45) is 1.09. The molecule has 1 unspecified atom stereocenters. The highest BCUT2D eigenvalue weighted by atomic mass is 32.1. The van der Waals surface area contributed by atoms with Gasteiger partial charge in [0.05, 0.1) is 12.3 Å². The van der Waals surface area contributed by atoms with Crippen LogP contribution in [-0.2, 0) is 4.74 Å². The normalized spacial score (nSPS) is 19.1. The first-order valence-electron chi connectivity index (χ1n) is 6.32. The highest BCUT2D eigenvalue weighted by Gasteiger charge is 2.15. The van der Waals surface area contributed by atoms with Crippen molar-refractivity contribution in [3.8, 4) is 0 Å². The SMILES string of the molecule is CCNC(C)c1csc(N2CCCOCC2)n1. The van der Waals surface area contributed by atoms with Crippen LogP contribution in [0.2, 0.25) is 0 Å². The first-order chi connectivity index (χ1) is 8.31. The predicted molar refractivity (Wildman–Crippen MR) is 71.9 cm³/mol. The van der Waals surface area contributed by atoms with Crippen molar-refractivity contribution in [2.24, 2.45) is 0 Å². The lowest BCUT2D eigenvalue weighted by molar-refractivity contribution is 0.152. The zero-order valence-corrected chi connectivity index (χ0v) is 11.4. The van der Waals surface area contributed by atoms with Crippen LogP contribution in [0.4, 0.5) is 5.13 Å². The molecule has 1 aromatic heterocycles. The van der Waals surface area contributed by atoms with Crippen LogP contribution in [0.25, 0.3) is 0 Å². The Morgan fingerprint density at radius 3 is 3.24 bits per heavy atom. The second-order valence-electron chi connectivity index (χ2n) is 4.29. The Hall–Kier alpha value is -0.650. The Morgan fingerprint density at radius 1 is 1.53 bits per heavy atom. The van der Waals surface area contributed by atoms with Gasteiger partial charge in [-0.25, -0.2) is 4.98 Å². The lowest BCUT2D eigenvalue weighted by Crippen LogP contribution is -2.26. The summed E-state index contributed by atoms with van der Waals surface area (Å²) in [5.41, 5.74) is 1.15. The van der Waals surface area contributed by atoms with Crippen LogP contribution in [0, 0.1) is 0 Å². The van der Waals surface area contributed by atoms with Crippen LogP contribution in [0.3, 0.4) is 0 Å². The highest BCUT2D eigenvalue weighted by molar-refractivity contribution is 7.13. The molecule has 4 nitrogen and oxygen atoms in total. The summed E-state index contributed by atoms with van der Waals surface area (Å²) in [7, 11) is 0. The Balaban J connectivity index is 2.01. The third-order valence-corrected chi connectivity index (χ3v) is 3.88. The summed E-state index contributed by atoms with van der Waals surface area (Å²) in [6.45, 7) is 8.97. The molecule has 0 aliphatic carbocycles. The fraction of sp³-hybridized carbons (Fsp3) is 0.750. The standard InChI is InChI=1S/C12H21N3OS/c1-3-13-10(2)11-9-17-12(14-11)15-5-4-7-16-8-6-15/h9-10,13H,3-8H2,1-2H3. The smallest absolute Gasteiger partial charge is 0.185 e. The Kier molecular flexibility index (Phi) is 4.76. The van der Waals surface area contributed by atoms with Gasteiger partial charge in [0.25, 0.3) is 0 Å². The molecule has 2 rings (SSSR count). The second-order valence-corrected chi connectivity index (χ2v) is 5.12. The van der Waals surface area contributed by atoms with Crippen LogP contribution >= 0.6 is 11.3 Å². The molecule has 0 bridgehead atoms. The molecule has 1 N–H and O–H groups in total. The van der Waals surface area contributed by atoms with E-state index < -0.39 is 0 Å². The first-order valence-corrected chi connectivity index (χ1v) is 7.20. The summed E-state index contributed by atoms with van der Waals surface area (Å²) in [5, 5.41) is 6.69. The van der Waals surface area contributed by atoms with Gasteiger partial charge in [0, 0.05) is 31.1 Å². The van der Waals surface area contributed by atoms with Gasteiger partial charge in [-0.05, 0) is 19.9 Å². The number of rotatable bonds is 4. The Bertz CT molecular complexity index is 334. The summed E-state index contributed by atoms with van der Waals surface area (Å²) in [5.74, 6) is 0. The van der Waals surface area contributed by atoms with E-state index in [2.05, 4.69) is 29.4 Å². The number of hydrogen-bond donors (Lipinski definition) is 1. The van der Waals surface area contributed by atoms with E-state index in [-0.39, 0.29) is 0 Å². The van der Waals surface area contributed by atoms with Crippen LogP contribution in [-0.4, -0.2) is 37.8 Å². The van der Waals surface area contributed by atoms with E-state index in [9.17, 15) is 0 Å². The average molecular weight is 255 g/mol. The first kappa shape index (κ1) is 12.8. The molecular weight excluding hydrogens is 234 g/mol. The van der Waals surface area contributed by atoms with Crippen molar-refractivity contribution < 1.29 is 4.74 Å². The van der Waals surface area contributed by atoms with Gasteiger partial charge < -0.3 is 15.0 Å². The maximum Gasteiger partial charge on any atom is 0.185 e. The molecular formula is C12H21N3OS. The van der Waals surface area contributed by atoms with Crippen LogP contribution in [0.15, 0.2) is 5.38 Å². The maximum atomic E-state index is 5.46. The van der Waals surface area contributed by atoms with Crippen molar-refractivity contribution in [3.05, 3.63) is 11.1 Å². The molecule has 1 fully saturated rings. The molecule has 0 amide bonds. The summed E-state index contributed by atoms with van der Waals surface area (Å²) < 4.78 is 5.46. The van der Waals surface area contributed by atoms with Gasteiger partial charge >= 0.3 is 0 Å². The fourth-order valence-electron chi connectivity index (χ4n) is 1.97. The number of nitrogens with one attached hydrogen (secondary N) is 1. The fourth-order valence-corrected chi connectivity index (χ4v) is 2.94. The molecule has 1 aliphatic heterocycles. The third-order valence-electron chi connectivity index (χ3n) is 2.96. The predicted octanol–water partition coefficient (Wildman–Crippen LogP) is 2.04. The van der Waals surface area contributed by atoms with Gasteiger partial charge in [-0.1, -0.05) is 6.92 Å². The second kappa shape index (κ2) is 6.33. The highest BCUT2D eigenvalue weighted by Crippen LogP contribution is 2.24. The summed E-state index contributed by atoms with van der Waals surface area (Å²) in [4.78, 5) is 7.05. The zero-order chi connectivity index (χ0) is 12.1. The van der Waals surface area contributed by atoms with Gasteiger partial charge in [-0.3, -0.25) is 0 Å². The van der Waals surface area contributed by atoms with Gasteiger partial charge in [0.1, 0.15) is 0 Å². The minimum absolute atomic E-state index is 0.341. The number of aromatic nitrogens is 1. The molecule has 0 radical (unpaired) electrons. The summed E-state index contributed by atoms with van der Waals surface area (Å²) >= 11 is 1.74. The molecule has 1 aromatic rings. The molecule has 96 valence electrons. The summed E-state index contributed by atoms with van der Waals surface area (Å²) in [6, 6.07) is 0.341. The van der Waals surface area contributed by atoms with Crippen molar-refractivity contribution in [1.82, 2.24) is 10.3 Å². The van der Waals surface area contributed by atoms with Gasteiger partial charge in [0.15, 0.2) is 5.13 Å². The van der Waals surface area contributed by atoms with E-state index in [1.165, 1.54) is 0 Å². The van der Waals surface area contributed by atoms with E-state index >= 15 is 0 Å². The third kappa shape index (κ3) is 3.40.